The predicted molar refractivity (Wildman–Crippen MR) is 85.7 cm³/mol. The second kappa shape index (κ2) is 6.00. The molecule has 0 aliphatic carbocycles. The Balaban J connectivity index is 2.11. The summed E-state index contributed by atoms with van der Waals surface area (Å²) in [6.07, 6.45) is -4.47. The van der Waals surface area contributed by atoms with E-state index < -0.39 is 16.7 Å². The minimum Gasteiger partial charge on any atom is -0.340 e. The average molecular weight is 348 g/mol. The highest BCUT2D eigenvalue weighted by molar-refractivity contribution is 5.96. The van der Waals surface area contributed by atoms with Crippen molar-refractivity contribution in [3.05, 3.63) is 64.0 Å². The lowest BCUT2D eigenvalue weighted by atomic mass is 10.1. The third-order valence-electron chi connectivity index (χ3n) is 3.47. The zero-order valence-corrected chi connectivity index (χ0v) is 12.8. The molecular weight excluding hydrogens is 337 g/mol. The topological polar surface area (TPSA) is 81.0 Å². The van der Waals surface area contributed by atoms with Crippen molar-refractivity contribution < 1.29 is 18.1 Å². The number of nitro groups is 1. The number of hydrogen-bond donors (Lipinski definition) is 1. The number of non-ortho nitro benzene ring substituents is 1. The number of nitrogens with one attached hydrogen (secondary N) is 1. The van der Waals surface area contributed by atoms with Crippen LogP contribution in [0.1, 0.15) is 11.4 Å². The van der Waals surface area contributed by atoms with Crippen molar-refractivity contribution in [2.45, 2.75) is 13.1 Å². The summed E-state index contributed by atoms with van der Waals surface area (Å²) in [5.74, 6) is 0.460. The Morgan fingerprint density at radius 1 is 1.12 bits per heavy atom. The maximum atomic E-state index is 12.8. The highest BCUT2D eigenvalue weighted by atomic mass is 19.4. The molecule has 1 heterocycles. The SMILES string of the molecule is Cc1nc(Nc2cccc(C(F)(F)F)c2)c2cccc([N+](=O)[O-])c2n1. The number of halogens is 3. The summed E-state index contributed by atoms with van der Waals surface area (Å²) in [6.45, 7) is 1.55. The molecule has 6 nitrogen and oxygen atoms in total. The van der Waals surface area contributed by atoms with Gasteiger partial charge in [0.25, 0.3) is 5.69 Å². The molecule has 0 radical (unpaired) electrons. The first-order valence-corrected chi connectivity index (χ1v) is 7.12. The van der Waals surface area contributed by atoms with Crippen molar-refractivity contribution in [1.82, 2.24) is 9.97 Å². The summed E-state index contributed by atoms with van der Waals surface area (Å²) in [7, 11) is 0. The van der Waals surface area contributed by atoms with E-state index in [2.05, 4.69) is 15.3 Å². The van der Waals surface area contributed by atoms with Gasteiger partial charge in [0.1, 0.15) is 11.6 Å². The second-order valence-electron chi connectivity index (χ2n) is 5.25. The van der Waals surface area contributed by atoms with Gasteiger partial charge in [-0.1, -0.05) is 12.1 Å². The van der Waals surface area contributed by atoms with Crippen LogP contribution in [0.5, 0.6) is 0 Å². The van der Waals surface area contributed by atoms with Gasteiger partial charge >= 0.3 is 6.18 Å². The summed E-state index contributed by atoms with van der Waals surface area (Å²) in [6, 6.07) is 8.97. The van der Waals surface area contributed by atoms with Crippen molar-refractivity contribution in [3.8, 4) is 0 Å². The molecule has 0 aliphatic rings. The number of para-hydroxylation sites is 1. The molecule has 128 valence electrons. The number of aryl methyl sites for hydroxylation is 1. The third kappa shape index (κ3) is 3.35. The van der Waals surface area contributed by atoms with Gasteiger partial charge in [-0.25, -0.2) is 9.97 Å². The van der Waals surface area contributed by atoms with Gasteiger partial charge in [0.05, 0.1) is 15.9 Å². The van der Waals surface area contributed by atoms with E-state index in [1.165, 1.54) is 24.3 Å². The summed E-state index contributed by atoms with van der Waals surface area (Å²) in [5, 5.41) is 14.3. The quantitative estimate of drug-likeness (QED) is 0.552. The minimum atomic E-state index is -4.47. The van der Waals surface area contributed by atoms with E-state index in [4.69, 9.17) is 0 Å². The lowest BCUT2D eigenvalue weighted by Gasteiger charge is -2.12. The Kier molecular flexibility index (Phi) is 3.99. The van der Waals surface area contributed by atoms with Crippen LogP contribution in [0.4, 0.5) is 30.4 Å². The molecule has 2 aromatic carbocycles. The number of fused-ring (bicyclic) bond motifs is 1. The van der Waals surface area contributed by atoms with Crippen LogP contribution in [0.15, 0.2) is 42.5 Å². The zero-order valence-electron chi connectivity index (χ0n) is 12.8. The predicted octanol–water partition coefficient (Wildman–Crippen LogP) is 4.61. The smallest absolute Gasteiger partial charge is 0.340 e. The van der Waals surface area contributed by atoms with Crippen LogP contribution in [0.25, 0.3) is 10.9 Å². The van der Waals surface area contributed by atoms with Crippen molar-refractivity contribution in [3.63, 3.8) is 0 Å². The van der Waals surface area contributed by atoms with Gasteiger partial charge < -0.3 is 5.32 Å². The molecule has 1 N–H and O–H groups in total. The lowest BCUT2D eigenvalue weighted by molar-refractivity contribution is -0.383. The summed E-state index contributed by atoms with van der Waals surface area (Å²) in [4.78, 5) is 18.8. The van der Waals surface area contributed by atoms with E-state index in [-0.39, 0.29) is 28.5 Å². The molecular formula is C16H11F3N4O2. The lowest BCUT2D eigenvalue weighted by Crippen LogP contribution is -2.06. The second-order valence-corrected chi connectivity index (χ2v) is 5.25. The van der Waals surface area contributed by atoms with E-state index in [1.54, 1.807) is 13.0 Å². The Hall–Kier alpha value is -3.23. The first-order chi connectivity index (χ1) is 11.8. The van der Waals surface area contributed by atoms with Crippen LogP contribution in [-0.4, -0.2) is 14.9 Å². The summed E-state index contributed by atoms with van der Waals surface area (Å²) < 4.78 is 38.5. The molecule has 0 fully saturated rings. The van der Waals surface area contributed by atoms with Gasteiger partial charge in [-0.15, -0.1) is 0 Å². The van der Waals surface area contributed by atoms with E-state index in [0.717, 1.165) is 12.1 Å². The molecule has 0 spiro atoms. The molecule has 3 aromatic rings. The molecule has 0 aliphatic heterocycles. The number of hydrogen-bond acceptors (Lipinski definition) is 5. The molecule has 1 aromatic heterocycles. The molecule has 0 saturated heterocycles. The maximum Gasteiger partial charge on any atom is 0.416 e. The van der Waals surface area contributed by atoms with Gasteiger partial charge in [-0.3, -0.25) is 10.1 Å². The number of nitro benzene ring substituents is 1. The molecule has 0 bridgehead atoms. The standard InChI is InChI=1S/C16H11F3N4O2/c1-9-20-14-12(6-3-7-13(14)23(24)25)15(21-9)22-11-5-2-4-10(8-11)16(17,18)19/h2-8H,1H3,(H,20,21,22). The number of anilines is 2. The maximum absolute atomic E-state index is 12.8. The molecule has 0 atom stereocenters. The van der Waals surface area contributed by atoms with Crippen LogP contribution in [-0.2, 0) is 6.18 Å². The van der Waals surface area contributed by atoms with Gasteiger partial charge in [0.2, 0.25) is 0 Å². The first kappa shape index (κ1) is 16.6. The van der Waals surface area contributed by atoms with E-state index in [9.17, 15) is 23.3 Å². The summed E-state index contributed by atoms with van der Waals surface area (Å²) in [5.41, 5.74) is -0.719. The molecule has 0 saturated carbocycles. The number of benzene rings is 2. The number of alkyl halides is 3. The summed E-state index contributed by atoms with van der Waals surface area (Å²) >= 11 is 0. The van der Waals surface area contributed by atoms with Crippen LogP contribution in [0.3, 0.4) is 0 Å². The third-order valence-corrected chi connectivity index (χ3v) is 3.47. The molecule has 25 heavy (non-hydrogen) atoms. The largest absolute Gasteiger partial charge is 0.416 e. The van der Waals surface area contributed by atoms with Crippen molar-refractivity contribution in [1.29, 1.82) is 0 Å². The van der Waals surface area contributed by atoms with Gasteiger partial charge in [-0.2, -0.15) is 13.2 Å². The van der Waals surface area contributed by atoms with Crippen molar-refractivity contribution in [2.24, 2.45) is 0 Å². The van der Waals surface area contributed by atoms with Gasteiger partial charge in [-0.05, 0) is 31.2 Å². The zero-order chi connectivity index (χ0) is 18.2. The fourth-order valence-electron chi connectivity index (χ4n) is 2.40. The fraction of sp³-hybridized carbons (Fsp3) is 0.125. The number of rotatable bonds is 3. The van der Waals surface area contributed by atoms with Crippen LogP contribution < -0.4 is 5.32 Å². The minimum absolute atomic E-state index is 0.120. The van der Waals surface area contributed by atoms with Crippen LogP contribution in [0.2, 0.25) is 0 Å². The van der Waals surface area contributed by atoms with Crippen molar-refractivity contribution in [2.75, 3.05) is 5.32 Å². The first-order valence-electron chi connectivity index (χ1n) is 7.12. The molecule has 0 unspecified atom stereocenters. The Bertz CT molecular complexity index is 973. The van der Waals surface area contributed by atoms with Gasteiger partial charge in [0.15, 0.2) is 5.52 Å². The Morgan fingerprint density at radius 2 is 1.84 bits per heavy atom. The van der Waals surface area contributed by atoms with E-state index in [0.29, 0.717) is 5.39 Å². The number of nitrogens with zero attached hydrogens (tertiary/aromatic N) is 3. The Labute approximate surface area is 139 Å². The van der Waals surface area contributed by atoms with Crippen LogP contribution >= 0.6 is 0 Å². The van der Waals surface area contributed by atoms with E-state index in [1.807, 2.05) is 0 Å². The van der Waals surface area contributed by atoms with Crippen molar-refractivity contribution >= 4 is 28.1 Å². The average Bonchev–Trinajstić information content (AvgIpc) is 2.53. The van der Waals surface area contributed by atoms with Gasteiger partial charge in [0, 0.05) is 11.8 Å². The molecule has 3 rings (SSSR count). The van der Waals surface area contributed by atoms with E-state index >= 15 is 0 Å². The Morgan fingerprint density at radius 3 is 2.52 bits per heavy atom. The molecule has 0 amide bonds. The highest BCUT2D eigenvalue weighted by Crippen LogP contribution is 2.33. The normalized spacial score (nSPS) is 11.5. The monoisotopic (exact) mass is 348 g/mol. The number of aromatic nitrogens is 2. The fourth-order valence-corrected chi connectivity index (χ4v) is 2.40. The molecule has 9 heteroatoms. The highest BCUT2D eigenvalue weighted by Gasteiger charge is 2.30. The van der Waals surface area contributed by atoms with Crippen LogP contribution in [0, 0.1) is 17.0 Å².